The number of ether oxygens (including phenoxy) is 1. The molecule has 1 saturated heterocycles. The summed E-state index contributed by atoms with van der Waals surface area (Å²) in [6, 6.07) is 4.03. The fourth-order valence-corrected chi connectivity index (χ4v) is 3.15. The number of hydrogen-bond acceptors (Lipinski definition) is 6. The van der Waals surface area contributed by atoms with Crippen LogP contribution in [0.2, 0.25) is 0 Å². The summed E-state index contributed by atoms with van der Waals surface area (Å²) in [5.74, 6) is 1.58. The number of amides is 1. The Hall–Kier alpha value is -2.33. The summed E-state index contributed by atoms with van der Waals surface area (Å²) in [5.41, 5.74) is 0.543. The van der Waals surface area contributed by atoms with Crippen molar-refractivity contribution >= 4 is 11.7 Å². The maximum Gasteiger partial charge on any atom is 0.236 e. The predicted octanol–water partition coefficient (Wildman–Crippen LogP) is 1.48. The molecule has 2 fully saturated rings. The number of anilines is 1. The highest BCUT2D eigenvalue weighted by atomic mass is 16.5. The largest absolute Gasteiger partial charge is 0.487 e. The van der Waals surface area contributed by atoms with Gasteiger partial charge in [-0.05, 0) is 26.7 Å². The highest BCUT2D eigenvalue weighted by Gasteiger charge is 2.26. The van der Waals surface area contributed by atoms with Gasteiger partial charge in [0.05, 0.1) is 24.4 Å². The van der Waals surface area contributed by atoms with Gasteiger partial charge >= 0.3 is 0 Å². The quantitative estimate of drug-likeness (QED) is 0.736. The second kappa shape index (κ2) is 8.37. The van der Waals surface area contributed by atoms with Crippen LogP contribution in [-0.2, 0) is 4.79 Å². The van der Waals surface area contributed by atoms with Gasteiger partial charge in [-0.1, -0.05) is 0 Å². The van der Waals surface area contributed by atoms with Gasteiger partial charge in [-0.3, -0.25) is 9.69 Å². The molecule has 26 heavy (non-hydrogen) atoms. The molecule has 3 rings (SSSR count). The molecule has 140 valence electrons. The van der Waals surface area contributed by atoms with E-state index >= 15 is 0 Å². The number of piperazine rings is 1. The van der Waals surface area contributed by atoms with Crippen molar-refractivity contribution in [3.05, 3.63) is 17.8 Å². The number of pyridine rings is 1. The van der Waals surface area contributed by atoms with Gasteiger partial charge in [-0.2, -0.15) is 5.26 Å². The minimum absolute atomic E-state index is 0.190. The topological polar surface area (TPSA) is 72.7 Å². The van der Waals surface area contributed by atoms with E-state index in [1.54, 1.807) is 6.20 Å². The smallest absolute Gasteiger partial charge is 0.236 e. The molecule has 1 aliphatic carbocycles. The van der Waals surface area contributed by atoms with Crippen LogP contribution in [0.3, 0.4) is 0 Å². The first-order valence-electron chi connectivity index (χ1n) is 9.46. The summed E-state index contributed by atoms with van der Waals surface area (Å²) in [6.07, 6.45) is 4.03. The molecule has 0 aromatic carbocycles. The monoisotopic (exact) mass is 357 g/mol. The minimum Gasteiger partial charge on any atom is -0.487 e. The summed E-state index contributed by atoms with van der Waals surface area (Å²) in [4.78, 5) is 23.0. The number of rotatable bonds is 7. The second-order valence-corrected chi connectivity index (χ2v) is 6.80. The maximum atomic E-state index is 12.2. The highest BCUT2D eigenvalue weighted by molar-refractivity contribution is 5.78. The van der Waals surface area contributed by atoms with Gasteiger partial charge in [0.1, 0.15) is 11.9 Å². The lowest BCUT2D eigenvalue weighted by Gasteiger charge is -2.36. The Balaban J connectivity index is 1.56. The molecule has 1 amide bonds. The molecule has 7 heteroatoms. The molecular formula is C19H27N5O2. The number of aromatic nitrogens is 1. The van der Waals surface area contributed by atoms with Crippen LogP contribution >= 0.6 is 0 Å². The zero-order valence-electron chi connectivity index (χ0n) is 15.6. The number of nitrogens with zero attached hydrogens (tertiary/aromatic N) is 5. The molecule has 1 aromatic rings. The van der Waals surface area contributed by atoms with Gasteiger partial charge in [-0.15, -0.1) is 0 Å². The van der Waals surface area contributed by atoms with Crippen molar-refractivity contribution in [2.24, 2.45) is 0 Å². The molecule has 1 aliphatic heterocycles. The predicted molar refractivity (Wildman–Crippen MR) is 99.2 cm³/mol. The van der Waals surface area contributed by atoms with E-state index < -0.39 is 0 Å². The lowest BCUT2D eigenvalue weighted by molar-refractivity contribution is -0.132. The third-order valence-electron chi connectivity index (χ3n) is 4.96. The molecule has 2 heterocycles. The van der Waals surface area contributed by atoms with E-state index in [2.05, 4.69) is 20.9 Å². The van der Waals surface area contributed by atoms with Gasteiger partial charge in [-0.25, -0.2) is 4.98 Å². The Morgan fingerprint density at radius 3 is 2.58 bits per heavy atom. The Kier molecular flexibility index (Phi) is 5.94. The van der Waals surface area contributed by atoms with E-state index in [-0.39, 0.29) is 12.0 Å². The van der Waals surface area contributed by atoms with Crippen LogP contribution in [0.4, 0.5) is 5.82 Å². The van der Waals surface area contributed by atoms with Crippen LogP contribution in [0.25, 0.3) is 0 Å². The average Bonchev–Trinajstić information content (AvgIpc) is 3.48. The summed E-state index contributed by atoms with van der Waals surface area (Å²) >= 11 is 0. The third-order valence-corrected chi connectivity index (χ3v) is 4.96. The Morgan fingerprint density at radius 1 is 1.31 bits per heavy atom. The lowest BCUT2D eigenvalue weighted by atomic mass is 10.2. The van der Waals surface area contributed by atoms with Crippen LogP contribution in [-0.4, -0.2) is 72.6 Å². The standard InChI is InChI=1S/C19H27N5O2/c1-3-23(4-2)19(25)14-22-7-9-24(10-8-22)18-11-15(12-20)17(13-21-18)26-16-5-6-16/h11,13,16H,3-10,14H2,1-2H3. The van der Waals surface area contributed by atoms with Gasteiger partial charge in [0, 0.05) is 45.3 Å². The summed E-state index contributed by atoms with van der Waals surface area (Å²) in [6.45, 7) is 9.23. The van der Waals surface area contributed by atoms with Crippen LogP contribution in [0.15, 0.2) is 12.3 Å². The average molecular weight is 357 g/mol. The van der Waals surface area contributed by atoms with Crippen molar-refractivity contribution in [2.75, 3.05) is 50.7 Å². The number of nitriles is 1. The van der Waals surface area contributed by atoms with Crippen LogP contribution < -0.4 is 9.64 Å². The summed E-state index contributed by atoms with van der Waals surface area (Å²) in [7, 11) is 0. The van der Waals surface area contributed by atoms with Crippen molar-refractivity contribution in [1.82, 2.24) is 14.8 Å². The highest BCUT2D eigenvalue weighted by Crippen LogP contribution is 2.30. The van der Waals surface area contributed by atoms with Crippen LogP contribution in [0, 0.1) is 11.3 Å². The Labute approximate surface area is 155 Å². The summed E-state index contributed by atoms with van der Waals surface area (Å²) in [5, 5.41) is 9.39. The van der Waals surface area contributed by atoms with Crippen LogP contribution in [0.1, 0.15) is 32.3 Å². The zero-order valence-corrected chi connectivity index (χ0v) is 15.6. The fourth-order valence-electron chi connectivity index (χ4n) is 3.15. The van der Waals surface area contributed by atoms with Crippen molar-refractivity contribution in [3.63, 3.8) is 0 Å². The van der Waals surface area contributed by atoms with E-state index in [1.807, 2.05) is 24.8 Å². The molecule has 0 N–H and O–H groups in total. The maximum absolute atomic E-state index is 12.2. The molecule has 1 aromatic heterocycles. The zero-order chi connectivity index (χ0) is 18.5. The Bertz CT molecular complexity index is 671. The first kappa shape index (κ1) is 18.5. The van der Waals surface area contributed by atoms with Crippen molar-refractivity contribution in [3.8, 4) is 11.8 Å². The molecule has 0 unspecified atom stereocenters. The first-order chi connectivity index (χ1) is 12.6. The fraction of sp³-hybridized carbons (Fsp3) is 0.632. The Morgan fingerprint density at radius 2 is 2.00 bits per heavy atom. The molecular weight excluding hydrogens is 330 g/mol. The number of likely N-dealkylation sites (N-methyl/N-ethyl adjacent to an activating group) is 1. The molecule has 0 spiro atoms. The van der Waals surface area contributed by atoms with Gasteiger partial charge in [0.2, 0.25) is 5.91 Å². The van der Waals surface area contributed by atoms with E-state index in [0.717, 1.165) is 57.9 Å². The van der Waals surface area contributed by atoms with Crippen LogP contribution in [0.5, 0.6) is 5.75 Å². The second-order valence-electron chi connectivity index (χ2n) is 6.80. The first-order valence-corrected chi connectivity index (χ1v) is 9.46. The summed E-state index contributed by atoms with van der Waals surface area (Å²) < 4.78 is 5.74. The minimum atomic E-state index is 0.190. The van der Waals surface area contributed by atoms with Gasteiger partial charge in [0.25, 0.3) is 0 Å². The van der Waals surface area contributed by atoms with Crippen molar-refractivity contribution in [1.29, 1.82) is 5.26 Å². The third kappa shape index (κ3) is 4.44. The van der Waals surface area contributed by atoms with Gasteiger partial charge < -0.3 is 14.5 Å². The number of hydrogen-bond donors (Lipinski definition) is 0. The lowest BCUT2D eigenvalue weighted by Crippen LogP contribution is -2.50. The number of carbonyl (C=O) groups is 1. The molecule has 0 bridgehead atoms. The molecule has 0 radical (unpaired) electrons. The van der Waals surface area contributed by atoms with E-state index in [0.29, 0.717) is 17.9 Å². The molecule has 2 aliphatic rings. The number of carbonyl (C=O) groups excluding carboxylic acids is 1. The molecule has 7 nitrogen and oxygen atoms in total. The van der Waals surface area contributed by atoms with E-state index in [4.69, 9.17) is 4.74 Å². The van der Waals surface area contributed by atoms with Gasteiger partial charge in [0.15, 0.2) is 5.75 Å². The SMILES string of the molecule is CCN(CC)C(=O)CN1CCN(c2cc(C#N)c(OC3CC3)cn2)CC1. The van der Waals surface area contributed by atoms with Crippen molar-refractivity contribution < 1.29 is 9.53 Å². The van der Waals surface area contributed by atoms with E-state index in [9.17, 15) is 10.1 Å². The van der Waals surface area contributed by atoms with Crippen molar-refractivity contribution in [2.45, 2.75) is 32.8 Å². The molecule has 0 atom stereocenters. The normalized spacial score (nSPS) is 17.7. The van der Waals surface area contributed by atoms with E-state index in [1.165, 1.54) is 0 Å². The molecule has 1 saturated carbocycles.